The van der Waals surface area contributed by atoms with Gasteiger partial charge in [0.15, 0.2) is 17.0 Å². The van der Waals surface area contributed by atoms with Crippen LogP contribution in [0.3, 0.4) is 0 Å². The van der Waals surface area contributed by atoms with E-state index in [2.05, 4.69) is 11.8 Å². The van der Waals surface area contributed by atoms with Gasteiger partial charge in [-0.05, 0) is 58.1 Å². The van der Waals surface area contributed by atoms with E-state index in [4.69, 9.17) is 17.2 Å². The molecule has 1 fully saturated rings. The molecule has 0 heterocycles. The molecule has 12 heteroatoms. The van der Waals surface area contributed by atoms with Gasteiger partial charge in [-0.15, -0.1) is 0 Å². The predicted octanol–water partition coefficient (Wildman–Crippen LogP) is 0.116. The van der Waals surface area contributed by atoms with Crippen LogP contribution in [0, 0.1) is 28.6 Å². The SMILES string of the molecule is CN(C)CC#Cc1cc(C(C)(C)C)c(O)c2c1C[C@@]1(N)C[C@@]3(N)[C@H](N(C)C)C(=O)C(C(N)=O)=C(O)[C@@]3(C#N)C(=O)C1=C2O. The topological polar surface area (TPSA) is 220 Å². The van der Waals surface area contributed by atoms with Crippen molar-refractivity contribution < 1.29 is 29.7 Å². The Kier molecular flexibility index (Phi) is 7.33. The molecule has 43 heavy (non-hydrogen) atoms. The minimum atomic E-state index is -2.71. The van der Waals surface area contributed by atoms with E-state index in [-0.39, 0.29) is 17.7 Å². The Labute approximate surface area is 250 Å². The van der Waals surface area contributed by atoms with Gasteiger partial charge >= 0.3 is 0 Å². The van der Waals surface area contributed by atoms with Crippen molar-refractivity contribution in [1.82, 2.24) is 9.80 Å². The number of Topliss-reactive ketones (excluding diaryl/α,β-unsaturated/α-hetero) is 2. The second-order valence-corrected chi connectivity index (χ2v) is 13.2. The molecule has 4 rings (SSSR count). The Morgan fingerprint density at radius 2 is 1.74 bits per heavy atom. The van der Waals surface area contributed by atoms with E-state index < -0.39 is 74.5 Å². The van der Waals surface area contributed by atoms with Crippen molar-refractivity contribution in [3.05, 3.63) is 45.2 Å². The van der Waals surface area contributed by atoms with Crippen molar-refractivity contribution in [3.63, 3.8) is 0 Å². The number of phenolic OH excluding ortho intramolecular Hbond substituents is 1. The Balaban J connectivity index is 2.15. The average Bonchev–Trinajstić information content (AvgIpc) is 2.83. The number of phenols is 1. The van der Waals surface area contributed by atoms with Gasteiger partial charge in [0.05, 0.1) is 40.9 Å². The number of fused-ring (bicyclic) bond motifs is 3. The first-order chi connectivity index (χ1) is 19.7. The molecule has 9 N–H and O–H groups in total. The number of benzene rings is 1. The summed E-state index contributed by atoms with van der Waals surface area (Å²) in [6.45, 7) is 6.00. The fourth-order valence-corrected chi connectivity index (χ4v) is 6.88. The number of primary amides is 1. The number of nitrogens with two attached hydrogens (primary N) is 3. The van der Waals surface area contributed by atoms with Crippen LogP contribution < -0.4 is 17.2 Å². The summed E-state index contributed by atoms with van der Waals surface area (Å²) < 4.78 is 0. The summed E-state index contributed by atoms with van der Waals surface area (Å²) in [5, 5.41) is 45.2. The summed E-state index contributed by atoms with van der Waals surface area (Å²) >= 11 is 0. The molecule has 12 nitrogen and oxygen atoms in total. The number of hydrogen-bond donors (Lipinski definition) is 6. The maximum absolute atomic E-state index is 14.6. The van der Waals surface area contributed by atoms with Crippen LogP contribution in [0.5, 0.6) is 5.75 Å². The van der Waals surface area contributed by atoms with Gasteiger partial charge in [0, 0.05) is 11.1 Å². The number of rotatable bonds is 3. The number of amides is 1. The summed E-state index contributed by atoms with van der Waals surface area (Å²) in [7, 11) is 6.65. The molecule has 0 radical (unpaired) electrons. The smallest absolute Gasteiger partial charge is 0.255 e. The number of nitrogens with zero attached hydrogens (tertiary/aromatic N) is 3. The van der Waals surface area contributed by atoms with Crippen LogP contribution >= 0.6 is 0 Å². The number of nitriles is 1. The van der Waals surface area contributed by atoms with Crippen molar-refractivity contribution >= 4 is 23.2 Å². The predicted molar refractivity (Wildman–Crippen MR) is 158 cm³/mol. The normalized spacial score (nSPS) is 28.7. The fourth-order valence-electron chi connectivity index (χ4n) is 6.88. The summed E-state index contributed by atoms with van der Waals surface area (Å²) in [4.78, 5) is 43.7. The van der Waals surface area contributed by atoms with Gasteiger partial charge in [-0.25, -0.2) is 0 Å². The van der Waals surface area contributed by atoms with E-state index in [0.717, 1.165) is 0 Å². The number of hydrogen-bond acceptors (Lipinski definition) is 11. The number of carbonyl (C=O) groups is 3. The zero-order valence-electron chi connectivity index (χ0n) is 25.4. The summed E-state index contributed by atoms with van der Waals surface area (Å²) in [5.41, 5.74) is 11.8. The maximum atomic E-state index is 14.6. The number of aliphatic hydroxyl groups is 2. The van der Waals surface area contributed by atoms with Crippen LogP contribution in [-0.4, -0.2) is 94.4 Å². The van der Waals surface area contributed by atoms with Gasteiger partial charge in [0.25, 0.3) is 5.91 Å². The molecule has 0 saturated heterocycles. The minimum Gasteiger partial charge on any atom is -0.509 e. The zero-order chi connectivity index (χ0) is 32.6. The van der Waals surface area contributed by atoms with Crippen LogP contribution in [0.2, 0.25) is 0 Å². The van der Waals surface area contributed by atoms with Gasteiger partial charge in [-0.3, -0.25) is 24.2 Å². The van der Waals surface area contributed by atoms with Crippen LogP contribution in [-0.2, 0) is 26.2 Å². The molecular formula is C31H38N6O6. The molecule has 1 aromatic carbocycles. The van der Waals surface area contributed by atoms with E-state index in [0.29, 0.717) is 23.2 Å². The summed E-state index contributed by atoms with van der Waals surface area (Å²) in [5.74, 6) is 0.500. The van der Waals surface area contributed by atoms with Crippen LogP contribution in [0.25, 0.3) is 5.76 Å². The van der Waals surface area contributed by atoms with E-state index in [1.807, 2.05) is 39.8 Å². The van der Waals surface area contributed by atoms with Gasteiger partial charge in [-0.2, -0.15) is 5.26 Å². The Hall–Kier alpha value is -4.20. The van der Waals surface area contributed by atoms with Crippen molar-refractivity contribution in [2.75, 3.05) is 34.7 Å². The summed E-state index contributed by atoms with van der Waals surface area (Å²) in [6, 6.07) is 2.03. The third-order valence-corrected chi connectivity index (χ3v) is 8.68. The van der Waals surface area contributed by atoms with Gasteiger partial charge in [0.1, 0.15) is 22.8 Å². The lowest BCUT2D eigenvalue weighted by Gasteiger charge is -2.58. The molecule has 3 aliphatic carbocycles. The molecule has 0 unspecified atom stereocenters. The maximum Gasteiger partial charge on any atom is 0.255 e. The first-order valence-corrected chi connectivity index (χ1v) is 13.7. The van der Waals surface area contributed by atoms with Crippen molar-refractivity contribution in [3.8, 4) is 23.7 Å². The number of aromatic hydroxyl groups is 1. The van der Waals surface area contributed by atoms with E-state index in [1.165, 1.54) is 19.0 Å². The molecule has 1 aromatic rings. The standard InChI is InChI=1S/C31H38N6O6/c1-28(2,3)17-11-15(9-8-10-36(4)5)16-12-29(34)13-31(35)24(37(6)7)23(40)19(27(33)43)25(41)30(31,14-32)26(42)20(29)22(39)18(16)21(17)38/h11,24,38-39,41H,10,12-13,34-35H2,1-7H3,(H2,33,43)/t24-,29-,30+,31-/m1/s1. The molecule has 0 bridgehead atoms. The van der Waals surface area contributed by atoms with E-state index >= 15 is 0 Å². The van der Waals surface area contributed by atoms with Crippen LogP contribution in [0.4, 0.5) is 0 Å². The molecule has 4 atom stereocenters. The lowest BCUT2D eigenvalue weighted by atomic mass is 9.47. The van der Waals surface area contributed by atoms with Crippen LogP contribution in [0.15, 0.2) is 23.0 Å². The third kappa shape index (κ3) is 4.25. The molecular weight excluding hydrogens is 552 g/mol. The third-order valence-electron chi connectivity index (χ3n) is 8.68. The van der Waals surface area contributed by atoms with Crippen molar-refractivity contribution in [2.24, 2.45) is 22.6 Å². The second kappa shape index (κ2) is 9.93. The quantitative estimate of drug-likeness (QED) is 0.205. The highest BCUT2D eigenvalue weighted by Gasteiger charge is 2.74. The highest BCUT2D eigenvalue weighted by Crippen LogP contribution is 2.58. The molecule has 0 aliphatic heterocycles. The van der Waals surface area contributed by atoms with Gasteiger partial charge < -0.3 is 32.5 Å². The Morgan fingerprint density at radius 3 is 2.23 bits per heavy atom. The lowest BCUT2D eigenvalue weighted by Crippen LogP contribution is -2.80. The minimum absolute atomic E-state index is 0.0711. The summed E-state index contributed by atoms with van der Waals surface area (Å²) in [6.07, 6.45) is -0.603. The molecule has 0 aromatic heterocycles. The Bertz CT molecular complexity index is 1650. The number of ketones is 2. The number of likely N-dealkylation sites (N-methyl/N-ethyl adjacent to an activating group) is 1. The zero-order valence-corrected chi connectivity index (χ0v) is 25.4. The highest BCUT2D eigenvalue weighted by atomic mass is 16.3. The number of carbonyl (C=O) groups excluding carboxylic acids is 3. The van der Waals surface area contributed by atoms with Gasteiger partial charge in [-0.1, -0.05) is 32.6 Å². The highest BCUT2D eigenvalue weighted by molar-refractivity contribution is 6.25. The molecule has 1 amide bonds. The first kappa shape index (κ1) is 31.7. The first-order valence-electron chi connectivity index (χ1n) is 13.7. The lowest BCUT2D eigenvalue weighted by molar-refractivity contribution is -0.139. The number of aliphatic hydroxyl groups excluding tert-OH is 2. The fraction of sp³-hybridized carbons (Fsp3) is 0.484. The average molecular weight is 591 g/mol. The largest absolute Gasteiger partial charge is 0.509 e. The molecule has 0 spiro atoms. The van der Waals surface area contributed by atoms with Gasteiger partial charge in [0.2, 0.25) is 0 Å². The van der Waals surface area contributed by atoms with Crippen molar-refractivity contribution in [2.45, 2.75) is 56.1 Å². The monoisotopic (exact) mass is 590 g/mol. The molecule has 3 aliphatic rings. The van der Waals surface area contributed by atoms with Crippen LogP contribution in [0.1, 0.15) is 49.4 Å². The second-order valence-electron chi connectivity index (χ2n) is 13.2. The molecule has 1 saturated carbocycles. The van der Waals surface area contributed by atoms with Crippen molar-refractivity contribution in [1.29, 1.82) is 5.26 Å². The Morgan fingerprint density at radius 1 is 1.14 bits per heavy atom. The van der Waals surface area contributed by atoms with E-state index in [1.54, 1.807) is 12.1 Å². The molecule has 228 valence electrons. The van der Waals surface area contributed by atoms with E-state index in [9.17, 15) is 35.0 Å².